The summed E-state index contributed by atoms with van der Waals surface area (Å²) in [6.45, 7) is 2.07. The van der Waals surface area contributed by atoms with Crippen LogP contribution in [-0.4, -0.2) is 7.11 Å². The Bertz CT molecular complexity index is 576. The van der Waals surface area contributed by atoms with Crippen molar-refractivity contribution in [2.45, 2.75) is 6.92 Å². The van der Waals surface area contributed by atoms with Crippen LogP contribution in [0.5, 0.6) is 5.75 Å². The first-order valence-electron chi connectivity index (χ1n) is 5.46. The normalized spacial score (nSPS) is 9.71. The number of terminal acetylenes is 1. The average molecular weight is 222 g/mol. The lowest BCUT2D eigenvalue weighted by molar-refractivity contribution is 0.415. The van der Waals surface area contributed by atoms with E-state index >= 15 is 0 Å². The molecular weight excluding hydrogens is 208 g/mol. The smallest absolute Gasteiger partial charge is 0.120 e. The van der Waals surface area contributed by atoms with Crippen molar-refractivity contribution >= 4 is 0 Å². The summed E-state index contributed by atoms with van der Waals surface area (Å²) in [6.07, 6.45) is 5.54. The standard InChI is InChI=1S/C16H14O/c1-4-13-11-15(17-3)8-9-16(13)14-7-5-6-12(2)10-14/h1,5-11H,2-3H3. The maximum atomic E-state index is 5.54. The van der Waals surface area contributed by atoms with E-state index in [9.17, 15) is 0 Å². The fourth-order valence-corrected chi connectivity index (χ4v) is 1.83. The van der Waals surface area contributed by atoms with Gasteiger partial charge in [-0.25, -0.2) is 0 Å². The third kappa shape index (κ3) is 2.32. The molecule has 0 spiro atoms. The van der Waals surface area contributed by atoms with Crippen LogP contribution in [0, 0.1) is 19.3 Å². The van der Waals surface area contributed by atoms with Gasteiger partial charge >= 0.3 is 0 Å². The first-order valence-corrected chi connectivity index (χ1v) is 5.46. The van der Waals surface area contributed by atoms with Crippen molar-refractivity contribution in [2.75, 3.05) is 7.11 Å². The number of rotatable bonds is 2. The molecule has 0 aliphatic carbocycles. The molecule has 0 fully saturated rings. The monoisotopic (exact) mass is 222 g/mol. The summed E-state index contributed by atoms with van der Waals surface area (Å²) in [4.78, 5) is 0. The zero-order chi connectivity index (χ0) is 12.3. The fraction of sp³-hybridized carbons (Fsp3) is 0.125. The van der Waals surface area contributed by atoms with Gasteiger partial charge in [0.2, 0.25) is 0 Å². The Labute approximate surface area is 102 Å². The van der Waals surface area contributed by atoms with Crippen molar-refractivity contribution in [3.8, 4) is 29.2 Å². The van der Waals surface area contributed by atoms with E-state index < -0.39 is 0 Å². The Hall–Kier alpha value is -2.20. The molecule has 0 amide bonds. The second-order valence-electron chi connectivity index (χ2n) is 3.93. The van der Waals surface area contributed by atoms with Crippen molar-refractivity contribution < 1.29 is 4.74 Å². The summed E-state index contributed by atoms with van der Waals surface area (Å²) < 4.78 is 5.18. The van der Waals surface area contributed by atoms with Gasteiger partial charge in [0.15, 0.2) is 0 Å². The van der Waals surface area contributed by atoms with Crippen molar-refractivity contribution in [3.05, 3.63) is 53.6 Å². The lowest BCUT2D eigenvalue weighted by atomic mass is 9.98. The largest absolute Gasteiger partial charge is 0.497 e. The van der Waals surface area contributed by atoms with E-state index in [4.69, 9.17) is 11.2 Å². The molecule has 1 nitrogen and oxygen atoms in total. The van der Waals surface area contributed by atoms with E-state index in [0.29, 0.717) is 0 Å². The van der Waals surface area contributed by atoms with Crippen molar-refractivity contribution in [2.24, 2.45) is 0 Å². The molecule has 1 heteroatoms. The van der Waals surface area contributed by atoms with Crippen molar-refractivity contribution in [1.82, 2.24) is 0 Å². The molecule has 2 aromatic carbocycles. The Morgan fingerprint density at radius 2 is 1.94 bits per heavy atom. The minimum Gasteiger partial charge on any atom is -0.497 e. The number of hydrogen-bond acceptors (Lipinski definition) is 1. The molecule has 2 aromatic rings. The fourth-order valence-electron chi connectivity index (χ4n) is 1.83. The summed E-state index contributed by atoms with van der Waals surface area (Å²) in [5.74, 6) is 3.49. The van der Waals surface area contributed by atoms with Gasteiger partial charge in [0.1, 0.15) is 5.75 Å². The molecule has 0 bridgehead atoms. The molecule has 0 atom stereocenters. The molecule has 0 saturated carbocycles. The Morgan fingerprint density at radius 1 is 1.12 bits per heavy atom. The predicted molar refractivity (Wildman–Crippen MR) is 71.1 cm³/mol. The van der Waals surface area contributed by atoms with Crippen LogP contribution >= 0.6 is 0 Å². The Balaban J connectivity index is 2.56. The molecule has 0 N–H and O–H groups in total. The Kier molecular flexibility index (Phi) is 3.16. The van der Waals surface area contributed by atoms with Gasteiger partial charge in [-0.05, 0) is 36.2 Å². The highest BCUT2D eigenvalue weighted by Crippen LogP contribution is 2.27. The maximum Gasteiger partial charge on any atom is 0.120 e. The molecule has 0 aromatic heterocycles. The zero-order valence-electron chi connectivity index (χ0n) is 10.0. The maximum absolute atomic E-state index is 5.54. The predicted octanol–water partition coefficient (Wildman–Crippen LogP) is 3.65. The third-order valence-electron chi connectivity index (χ3n) is 2.71. The highest BCUT2D eigenvalue weighted by Gasteiger charge is 2.05. The second kappa shape index (κ2) is 4.76. The van der Waals surface area contributed by atoms with Gasteiger partial charge in [-0.15, -0.1) is 6.42 Å². The Morgan fingerprint density at radius 3 is 2.59 bits per heavy atom. The van der Waals surface area contributed by atoms with Crippen LogP contribution < -0.4 is 4.74 Å². The third-order valence-corrected chi connectivity index (χ3v) is 2.71. The van der Waals surface area contributed by atoms with Crippen molar-refractivity contribution in [3.63, 3.8) is 0 Å². The molecule has 0 unspecified atom stereocenters. The van der Waals surface area contributed by atoms with Crippen LogP contribution in [0.1, 0.15) is 11.1 Å². The van der Waals surface area contributed by atoms with E-state index in [1.54, 1.807) is 7.11 Å². The number of ether oxygens (including phenoxy) is 1. The molecular formula is C16H14O. The quantitative estimate of drug-likeness (QED) is 0.705. The minimum atomic E-state index is 0.786. The van der Waals surface area contributed by atoms with Crippen molar-refractivity contribution in [1.29, 1.82) is 0 Å². The molecule has 0 heterocycles. The summed E-state index contributed by atoms with van der Waals surface area (Å²) in [5, 5.41) is 0. The van der Waals surface area contributed by atoms with Crippen LogP contribution in [0.3, 0.4) is 0 Å². The molecule has 0 saturated heterocycles. The number of hydrogen-bond donors (Lipinski definition) is 0. The van der Waals surface area contributed by atoms with Crippen LogP contribution in [-0.2, 0) is 0 Å². The number of aryl methyl sites for hydroxylation is 1. The molecule has 0 radical (unpaired) electrons. The summed E-state index contributed by atoms with van der Waals surface area (Å²) in [7, 11) is 1.64. The molecule has 2 rings (SSSR count). The molecule has 0 aliphatic rings. The first kappa shape index (κ1) is 11.3. The average Bonchev–Trinajstić information content (AvgIpc) is 2.38. The van der Waals surface area contributed by atoms with Gasteiger partial charge in [0, 0.05) is 5.56 Å². The zero-order valence-corrected chi connectivity index (χ0v) is 10.0. The van der Waals surface area contributed by atoms with Crippen LogP contribution in [0.25, 0.3) is 11.1 Å². The topological polar surface area (TPSA) is 9.23 Å². The van der Waals surface area contributed by atoms with E-state index in [1.165, 1.54) is 5.56 Å². The second-order valence-corrected chi connectivity index (χ2v) is 3.93. The lowest BCUT2D eigenvalue weighted by Gasteiger charge is -2.08. The van der Waals surface area contributed by atoms with Crippen LogP contribution in [0.2, 0.25) is 0 Å². The number of methoxy groups -OCH3 is 1. The highest BCUT2D eigenvalue weighted by molar-refractivity contribution is 5.72. The summed E-state index contributed by atoms with van der Waals surface area (Å²) in [5.41, 5.74) is 4.29. The van der Waals surface area contributed by atoms with Crippen LogP contribution in [0.4, 0.5) is 0 Å². The van der Waals surface area contributed by atoms with Gasteiger partial charge in [-0.1, -0.05) is 35.7 Å². The van der Waals surface area contributed by atoms with Gasteiger partial charge in [-0.3, -0.25) is 0 Å². The van der Waals surface area contributed by atoms with Gasteiger partial charge in [0.05, 0.1) is 7.11 Å². The lowest BCUT2D eigenvalue weighted by Crippen LogP contribution is -1.88. The van der Waals surface area contributed by atoms with Gasteiger partial charge in [0.25, 0.3) is 0 Å². The summed E-state index contributed by atoms with van der Waals surface area (Å²) >= 11 is 0. The SMILES string of the molecule is C#Cc1cc(OC)ccc1-c1cccc(C)c1. The van der Waals surface area contributed by atoms with E-state index in [-0.39, 0.29) is 0 Å². The number of benzene rings is 2. The molecule has 0 aliphatic heterocycles. The molecule has 84 valence electrons. The minimum absolute atomic E-state index is 0.786. The van der Waals surface area contributed by atoms with Crippen LogP contribution in [0.15, 0.2) is 42.5 Å². The van der Waals surface area contributed by atoms with Gasteiger partial charge < -0.3 is 4.74 Å². The van der Waals surface area contributed by atoms with E-state index in [2.05, 4.69) is 31.0 Å². The van der Waals surface area contributed by atoms with E-state index in [0.717, 1.165) is 22.4 Å². The molecule has 17 heavy (non-hydrogen) atoms. The van der Waals surface area contributed by atoms with E-state index in [1.807, 2.05) is 24.3 Å². The first-order chi connectivity index (χ1) is 8.24. The summed E-state index contributed by atoms with van der Waals surface area (Å²) in [6, 6.07) is 14.1. The van der Waals surface area contributed by atoms with Gasteiger partial charge in [-0.2, -0.15) is 0 Å². The highest BCUT2D eigenvalue weighted by atomic mass is 16.5.